The molecule has 0 unspecified atom stereocenters. The molecule has 0 heterocycles. The molecule has 2 fully saturated rings. The molecule has 2 rings (SSSR count). The van der Waals surface area contributed by atoms with E-state index in [1.165, 1.54) is 25.7 Å². The number of rotatable bonds is 6. The van der Waals surface area contributed by atoms with Gasteiger partial charge in [0, 0.05) is 13.2 Å². The molecule has 0 saturated heterocycles. The Balaban J connectivity index is 1.80. The van der Waals surface area contributed by atoms with Crippen molar-refractivity contribution >= 4 is 5.91 Å². The fraction of sp³-hybridized carbons (Fsp3) is 0.909. The van der Waals surface area contributed by atoms with Crippen LogP contribution in [0.3, 0.4) is 0 Å². The van der Waals surface area contributed by atoms with Crippen molar-refractivity contribution in [1.29, 1.82) is 0 Å². The molecule has 4 nitrogen and oxygen atoms in total. The summed E-state index contributed by atoms with van der Waals surface area (Å²) >= 11 is 0. The lowest BCUT2D eigenvalue weighted by Crippen LogP contribution is -2.48. The maximum absolute atomic E-state index is 11.7. The quantitative estimate of drug-likeness (QED) is 0.664. The molecule has 15 heavy (non-hydrogen) atoms. The minimum atomic E-state index is -0.519. The van der Waals surface area contributed by atoms with E-state index in [1.54, 1.807) is 7.11 Å². The summed E-state index contributed by atoms with van der Waals surface area (Å²) in [7, 11) is 1.56. The van der Waals surface area contributed by atoms with Crippen LogP contribution in [0.1, 0.15) is 25.7 Å². The molecule has 0 bridgehead atoms. The molecule has 0 aromatic carbocycles. The Bertz CT molecular complexity index is 225. The number of nitrogens with two attached hydrogens (primary N) is 1. The Morgan fingerprint density at radius 1 is 1.40 bits per heavy atom. The van der Waals surface area contributed by atoms with Crippen molar-refractivity contribution in [2.75, 3.05) is 13.7 Å². The average molecular weight is 212 g/mol. The Hall–Kier alpha value is -0.610. The number of hydrogen-bond donors (Lipinski definition) is 2. The van der Waals surface area contributed by atoms with Gasteiger partial charge >= 0.3 is 0 Å². The molecule has 2 aliphatic rings. The first kappa shape index (κ1) is 10.9. The van der Waals surface area contributed by atoms with Gasteiger partial charge in [-0.15, -0.1) is 0 Å². The zero-order valence-corrected chi connectivity index (χ0v) is 9.24. The molecule has 86 valence electrons. The topological polar surface area (TPSA) is 64.3 Å². The first-order valence-electron chi connectivity index (χ1n) is 5.77. The van der Waals surface area contributed by atoms with E-state index in [0.29, 0.717) is 12.6 Å². The van der Waals surface area contributed by atoms with Crippen LogP contribution in [0.15, 0.2) is 0 Å². The van der Waals surface area contributed by atoms with E-state index in [2.05, 4.69) is 5.32 Å². The van der Waals surface area contributed by atoms with Crippen molar-refractivity contribution in [3.8, 4) is 0 Å². The van der Waals surface area contributed by atoms with E-state index in [-0.39, 0.29) is 5.91 Å². The van der Waals surface area contributed by atoms with Gasteiger partial charge in [0.05, 0.1) is 6.61 Å². The smallest absolute Gasteiger partial charge is 0.239 e. The third kappa shape index (κ3) is 2.92. The van der Waals surface area contributed by atoms with E-state index in [1.807, 2.05) is 0 Å². The van der Waals surface area contributed by atoms with Crippen LogP contribution in [0.4, 0.5) is 0 Å². The molecule has 3 N–H and O–H groups in total. The molecule has 0 spiro atoms. The van der Waals surface area contributed by atoms with E-state index < -0.39 is 6.04 Å². The molecule has 2 saturated carbocycles. The zero-order chi connectivity index (χ0) is 10.8. The Morgan fingerprint density at radius 2 is 1.93 bits per heavy atom. The highest BCUT2D eigenvalue weighted by Gasteiger charge is 2.42. The highest BCUT2D eigenvalue weighted by molar-refractivity contribution is 5.82. The number of nitrogens with one attached hydrogen (secondary N) is 1. The van der Waals surface area contributed by atoms with Gasteiger partial charge in [-0.2, -0.15) is 0 Å². The molecule has 0 aromatic heterocycles. The average Bonchev–Trinajstić information content (AvgIpc) is 3.03. The van der Waals surface area contributed by atoms with Crippen LogP contribution in [0.25, 0.3) is 0 Å². The second-order valence-electron chi connectivity index (χ2n) is 4.77. The van der Waals surface area contributed by atoms with Crippen molar-refractivity contribution < 1.29 is 9.53 Å². The third-order valence-electron chi connectivity index (χ3n) is 3.25. The van der Waals surface area contributed by atoms with Gasteiger partial charge in [0.2, 0.25) is 5.91 Å². The van der Waals surface area contributed by atoms with Crippen LogP contribution in [-0.4, -0.2) is 31.7 Å². The molecule has 2 aliphatic carbocycles. The lowest BCUT2D eigenvalue weighted by atomic mass is 10.1. The number of amides is 1. The summed E-state index contributed by atoms with van der Waals surface area (Å²) in [5.74, 6) is 1.38. The minimum Gasteiger partial charge on any atom is -0.383 e. The normalized spacial score (nSPS) is 22.9. The summed E-state index contributed by atoms with van der Waals surface area (Å²) in [6, 6.07) is -0.129. The number of ether oxygens (including phenoxy) is 1. The largest absolute Gasteiger partial charge is 0.383 e. The maximum atomic E-state index is 11.7. The lowest BCUT2D eigenvalue weighted by molar-refractivity contribution is -0.124. The summed E-state index contributed by atoms with van der Waals surface area (Å²) in [5.41, 5.74) is 5.68. The monoisotopic (exact) mass is 212 g/mol. The Kier molecular flexibility index (Phi) is 3.26. The van der Waals surface area contributed by atoms with Gasteiger partial charge in [0.15, 0.2) is 0 Å². The maximum Gasteiger partial charge on any atom is 0.239 e. The number of carbonyl (C=O) groups excluding carboxylic acids is 1. The van der Waals surface area contributed by atoms with Crippen molar-refractivity contribution in [2.24, 2.45) is 17.6 Å². The highest BCUT2D eigenvalue weighted by atomic mass is 16.5. The van der Waals surface area contributed by atoms with Gasteiger partial charge in [0.1, 0.15) is 6.04 Å². The minimum absolute atomic E-state index is 0.0550. The van der Waals surface area contributed by atoms with Crippen LogP contribution in [0.2, 0.25) is 0 Å². The predicted molar refractivity (Wildman–Crippen MR) is 57.2 cm³/mol. The molecule has 1 amide bonds. The summed E-state index contributed by atoms with van der Waals surface area (Å²) in [5, 5.41) is 3.08. The predicted octanol–water partition coefficient (Wildman–Crippen LogP) is 0.265. The fourth-order valence-corrected chi connectivity index (χ4v) is 2.06. The van der Waals surface area contributed by atoms with Crippen molar-refractivity contribution in [2.45, 2.75) is 37.8 Å². The van der Waals surface area contributed by atoms with Crippen LogP contribution >= 0.6 is 0 Å². The molecular formula is C11H20N2O2. The summed E-state index contributed by atoms with van der Waals surface area (Å²) in [4.78, 5) is 11.7. The number of hydrogen-bond acceptors (Lipinski definition) is 3. The van der Waals surface area contributed by atoms with Crippen LogP contribution in [-0.2, 0) is 9.53 Å². The lowest BCUT2D eigenvalue weighted by Gasteiger charge is -2.20. The molecule has 0 radical (unpaired) electrons. The summed E-state index contributed by atoms with van der Waals surface area (Å²) < 4.78 is 4.87. The van der Waals surface area contributed by atoms with Gasteiger partial charge in [0.25, 0.3) is 0 Å². The standard InChI is InChI=1S/C11H20N2O2/c1-15-6-9(12)11(14)13-10(7-2-3-7)8-4-5-8/h7-10H,2-6,12H2,1H3,(H,13,14)/t9-/m1/s1. The van der Waals surface area contributed by atoms with Gasteiger partial charge in [-0.25, -0.2) is 0 Å². The first-order valence-corrected chi connectivity index (χ1v) is 5.77. The van der Waals surface area contributed by atoms with Crippen LogP contribution < -0.4 is 11.1 Å². The van der Waals surface area contributed by atoms with E-state index >= 15 is 0 Å². The van der Waals surface area contributed by atoms with Gasteiger partial charge < -0.3 is 15.8 Å². The van der Waals surface area contributed by atoms with Crippen molar-refractivity contribution in [1.82, 2.24) is 5.32 Å². The summed E-state index contributed by atoms with van der Waals surface area (Å²) in [6.07, 6.45) is 5.06. The van der Waals surface area contributed by atoms with Gasteiger partial charge in [-0.05, 0) is 37.5 Å². The second kappa shape index (κ2) is 4.49. The van der Waals surface area contributed by atoms with Crippen molar-refractivity contribution in [3.63, 3.8) is 0 Å². The Morgan fingerprint density at radius 3 is 2.33 bits per heavy atom. The van der Waals surface area contributed by atoms with Crippen molar-refractivity contribution in [3.05, 3.63) is 0 Å². The third-order valence-corrected chi connectivity index (χ3v) is 3.25. The van der Waals surface area contributed by atoms with Gasteiger partial charge in [-0.3, -0.25) is 4.79 Å². The SMILES string of the molecule is COC[C@@H](N)C(=O)NC(C1CC1)C1CC1. The number of carbonyl (C=O) groups is 1. The fourth-order valence-electron chi connectivity index (χ4n) is 2.06. The molecule has 0 aromatic rings. The molecular weight excluding hydrogens is 192 g/mol. The van der Waals surface area contributed by atoms with Gasteiger partial charge in [-0.1, -0.05) is 0 Å². The van der Waals surface area contributed by atoms with Crippen LogP contribution in [0, 0.1) is 11.8 Å². The number of methoxy groups -OCH3 is 1. The molecule has 0 aliphatic heterocycles. The first-order chi connectivity index (χ1) is 7.22. The van der Waals surface area contributed by atoms with Crippen LogP contribution in [0.5, 0.6) is 0 Å². The molecule has 1 atom stereocenters. The Labute approximate surface area is 90.5 Å². The van der Waals surface area contributed by atoms with E-state index in [4.69, 9.17) is 10.5 Å². The zero-order valence-electron chi connectivity index (χ0n) is 9.24. The second-order valence-corrected chi connectivity index (χ2v) is 4.77. The van der Waals surface area contributed by atoms with E-state index in [9.17, 15) is 4.79 Å². The summed E-state index contributed by atoms with van der Waals surface area (Å²) in [6.45, 7) is 0.299. The van der Waals surface area contributed by atoms with E-state index in [0.717, 1.165) is 11.8 Å². The highest BCUT2D eigenvalue weighted by Crippen LogP contribution is 2.44. The molecule has 4 heteroatoms.